The van der Waals surface area contributed by atoms with Gasteiger partial charge in [-0.05, 0) is 54.1 Å². The van der Waals surface area contributed by atoms with Crippen molar-refractivity contribution >= 4 is 22.7 Å². The van der Waals surface area contributed by atoms with Gasteiger partial charge in [0.1, 0.15) is 11.3 Å². The maximum Gasteiger partial charge on any atom is 0.326 e. The van der Waals surface area contributed by atoms with Crippen molar-refractivity contribution < 1.29 is 14.3 Å². The van der Waals surface area contributed by atoms with Gasteiger partial charge in [0, 0.05) is 6.54 Å². The van der Waals surface area contributed by atoms with E-state index in [0.717, 1.165) is 27.6 Å². The van der Waals surface area contributed by atoms with Gasteiger partial charge in [0.25, 0.3) is 5.91 Å². The second-order valence-electron chi connectivity index (χ2n) is 7.86. The Morgan fingerprint density at radius 3 is 2.43 bits per heavy atom. The first-order valence-electron chi connectivity index (χ1n) is 9.85. The van der Waals surface area contributed by atoms with Gasteiger partial charge >= 0.3 is 6.03 Å². The van der Waals surface area contributed by atoms with E-state index in [2.05, 4.69) is 5.32 Å². The number of ether oxygens (including phenoxy) is 1. The predicted molar refractivity (Wildman–Crippen MR) is 116 cm³/mol. The van der Waals surface area contributed by atoms with Crippen LogP contribution >= 0.6 is 0 Å². The first-order valence-corrected chi connectivity index (χ1v) is 9.85. The summed E-state index contributed by atoms with van der Waals surface area (Å²) in [6.45, 7) is 2.63. The molecule has 0 saturated carbocycles. The minimum Gasteiger partial charge on any atom is -0.497 e. The maximum absolute atomic E-state index is 13.3. The van der Waals surface area contributed by atoms with Crippen LogP contribution in [0.3, 0.4) is 0 Å². The largest absolute Gasteiger partial charge is 0.497 e. The fraction of sp³-hybridized carbons (Fsp3) is 0.250. The number of carbonyl (C=O) groups excluding carboxylic acids is 2. The molecule has 3 aromatic carbocycles. The lowest BCUT2D eigenvalue weighted by Crippen LogP contribution is -2.42. The van der Waals surface area contributed by atoms with E-state index in [1.807, 2.05) is 78.7 Å². The van der Waals surface area contributed by atoms with Gasteiger partial charge in [0.05, 0.1) is 13.8 Å². The van der Waals surface area contributed by atoms with Gasteiger partial charge in [-0.1, -0.05) is 48.5 Å². The van der Waals surface area contributed by atoms with Gasteiger partial charge in [0.2, 0.25) is 0 Å². The molecule has 3 aromatic rings. The fourth-order valence-electron chi connectivity index (χ4n) is 3.87. The van der Waals surface area contributed by atoms with E-state index in [1.54, 1.807) is 14.0 Å². The lowest BCUT2D eigenvalue weighted by Gasteiger charge is -2.25. The zero-order valence-corrected chi connectivity index (χ0v) is 17.4. The average Bonchev–Trinajstić information content (AvgIpc) is 2.97. The third-order valence-corrected chi connectivity index (χ3v) is 5.58. The monoisotopic (exact) mass is 403 g/mol. The summed E-state index contributed by atoms with van der Waals surface area (Å²) in [6.07, 6.45) is 0. The summed E-state index contributed by atoms with van der Waals surface area (Å²) in [5.41, 5.74) is 0.783. The number of rotatable bonds is 6. The van der Waals surface area contributed by atoms with Crippen molar-refractivity contribution in [3.8, 4) is 5.75 Å². The van der Waals surface area contributed by atoms with Gasteiger partial charge in [-0.25, -0.2) is 9.69 Å². The lowest BCUT2D eigenvalue weighted by molar-refractivity contribution is -0.132. The molecule has 1 aliphatic heterocycles. The quantitative estimate of drug-likeness (QED) is 0.638. The van der Waals surface area contributed by atoms with Crippen LogP contribution in [0.2, 0.25) is 0 Å². The van der Waals surface area contributed by atoms with Crippen LogP contribution in [0, 0.1) is 0 Å². The highest BCUT2D eigenvalue weighted by Crippen LogP contribution is 2.32. The molecule has 1 N–H and O–H groups in total. The number of urea groups is 1. The summed E-state index contributed by atoms with van der Waals surface area (Å²) in [7, 11) is 3.53. The summed E-state index contributed by atoms with van der Waals surface area (Å²) in [4.78, 5) is 29.1. The van der Waals surface area contributed by atoms with Gasteiger partial charge in [0.15, 0.2) is 0 Å². The van der Waals surface area contributed by atoms with Crippen molar-refractivity contribution in [2.24, 2.45) is 0 Å². The molecule has 0 radical (unpaired) electrons. The Kier molecular flexibility index (Phi) is 5.18. The number of nitrogens with one attached hydrogen (secondary N) is 1. The van der Waals surface area contributed by atoms with Crippen LogP contribution in [-0.2, 0) is 16.9 Å². The molecular formula is C24H25N3O3. The van der Waals surface area contributed by atoms with Crippen LogP contribution < -0.4 is 10.1 Å². The molecule has 1 aliphatic rings. The van der Waals surface area contributed by atoms with Crippen molar-refractivity contribution in [2.45, 2.75) is 19.0 Å². The third-order valence-electron chi connectivity index (χ3n) is 5.58. The van der Waals surface area contributed by atoms with E-state index in [4.69, 9.17) is 4.74 Å². The Balaban J connectivity index is 1.55. The predicted octanol–water partition coefficient (Wildman–Crippen LogP) is 3.70. The van der Waals surface area contributed by atoms with Gasteiger partial charge in [-0.2, -0.15) is 0 Å². The average molecular weight is 403 g/mol. The number of imide groups is 1. The van der Waals surface area contributed by atoms with Crippen LogP contribution in [-0.4, -0.2) is 42.6 Å². The molecule has 6 heteroatoms. The molecule has 0 unspecified atom stereocenters. The van der Waals surface area contributed by atoms with E-state index < -0.39 is 5.54 Å². The number of amides is 3. The van der Waals surface area contributed by atoms with E-state index in [-0.39, 0.29) is 18.6 Å². The summed E-state index contributed by atoms with van der Waals surface area (Å²) in [5, 5.41) is 4.88. The fourth-order valence-corrected chi connectivity index (χ4v) is 3.87. The first kappa shape index (κ1) is 19.9. The first-order chi connectivity index (χ1) is 14.4. The number of benzene rings is 3. The van der Waals surface area contributed by atoms with E-state index in [0.29, 0.717) is 6.54 Å². The highest BCUT2D eigenvalue weighted by molar-refractivity contribution is 6.07. The molecule has 4 rings (SSSR count). The Morgan fingerprint density at radius 1 is 1.00 bits per heavy atom. The van der Waals surface area contributed by atoms with Crippen molar-refractivity contribution in [3.63, 3.8) is 0 Å². The Bertz CT molecular complexity index is 1100. The summed E-state index contributed by atoms with van der Waals surface area (Å²) in [6, 6.07) is 21.1. The van der Waals surface area contributed by atoms with Crippen molar-refractivity contribution in [1.29, 1.82) is 0 Å². The van der Waals surface area contributed by atoms with E-state index in [1.165, 1.54) is 4.90 Å². The Labute approximate surface area is 176 Å². The minimum atomic E-state index is -1.10. The van der Waals surface area contributed by atoms with Crippen LogP contribution in [0.25, 0.3) is 10.8 Å². The summed E-state index contributed by atoms with van der Waals surface area (Å²) in [5.74, 6) is 0.527. The standard InChI is InChI=1S/C24H25N3O3/c1-24(20-11-9-19-14-21(30-3)12-10-18(19)13-20)22(28)27(23(29)25-24)16-26(2)15-17-7-5-4-6-8-17/h4-14H,15-16H2,1-3H3,(H,25,29)/t24-/m0/s1. The molecule has 6 nitrogen and oxygen atoms in total. The minimum absolute atomic E-state index is 0.222. The highest BCUT2D eigenvalue weighted by Gasteiger charge is 2.49. The van der Waals surface area contributed by atoms with E-state index in [9.17, 15) is 9.59 Å². The second-order valence-corrected chi connectivity index (χ2v) is 7.86. The molecule has 3 amide bonds. The smallest absolute Gasteiger partial charge is 0.326 e. The zero-order chi connectivity index (χ0) is 21.3. The molecule has 0 spiro atoms. The zero-order valence-electron chi connectivity index (χ0n) is 17.4. The molecule has 0 aromatic heterocycles. The SMILES string of the molecule is COc1ccc2cc([C@]3(C)NC(=O)N(CN(C)Cc4ccccc4)C3=O)ccc2c1. The van der Waals surface area contributed by atoms with Crippen LogP contribution in [0.1, 0.15) is 18.1 Å². The van der Waals surface area contributed by atoms with Gasteiger partial charge in [-0.3, -0.25) is 9.69 Å². The van der Waals surface area contributed by atoms with E-state index >= 15 is 0 Å². The molecule has 30 heavy (non-hydrogen) atoms. The number of hydrogen-bond donors (Lipinski definition) is 1. The number of methoxy groups -OCH3 is 1. The molecule has 1 saturated heterocycles. The van der Waals surface area contributed by atoms with Gasteiger partial charge in [-0.15, -0.1) is 0 Å². The number of fused-ring (bicyclic) bond motifs is 1. The van der Waals surface area contributed by atoms with Crippen molar-refractivity contribution in [2.75, 3.05) is 20.8 Å². The highest BCUT2D eigenvalue weighted by atomic mass is 16.5. The van der Waals surface area contributed by atoms with Crippen LogP contribution in [0.15, 0.2) is 66.7 Å². The third kappa shape index (κ3) is 3.62. The number of hydrogen-bond acceptors (Lipinski definition) is 4. The second kappa shape index (κ2) is 7.80. The molecular weight excluding hydrogens is 378 g/mol. The number of nitrogens with zero attached hydrogens (tertiary/aromatic N) is 2. The summed E-state index contributed by atoms with van der Waals surface area (Å²) < 4.78 is 5.27. The van der Waals surface area contributed by atoms with Crippen molar-refractivity contribution in [3.05, 3.63) is 77.9 Å². The Hall–Kier alpha value is -3.38. The molecule has 0 aliphatic carbocycles. The summed E-state index contributed by atoms with van der Waals surface area (Å²) >= 11 is 0. The van der Waals surface area contributed by atoms with Crippen LogP contribution in [0.4, 0.5) is 4.79 Å². The topological polar surface area (TPSA) is 61.9 Å². The van der Waals surface area contributed by atoms with Crippen LogP contribution in [0.5, 0.6) is 5.75 Å². The normalized spacial score (nSPS) is 18.9. The molecule has 154 valence electrons. The maximum atomic E-state index is 13.3. The molecule has 1 atom stereocenters. The molecule has 1 fully saturated rings. The molecule has 0 bridgehead atoms. The Morgan fingerprint density at radius 2 is 1.70 bits per heavy atom. The lowest BCUT2D eigenvalue weighted by atomic mass is 9.90. The molecule has 1 heterocycles. The van der Waals surface area contributed by atoms with Crippen molar-refractivity contribution in [1.82, 2.24) is 15.1 Å². The van der Waals surface area contributed by atoms with Gasteiger partial charge < -0.3 is 10.1 Å². The number of carbonyl (C=O) groups is 2.